The van der Waals surface area contributed by atoms with Gasteiger partial charge in [-0.3, -0.25) is 0 Å². The van der Waals surface area contributed by atoms with Crippen molar-refractivity contribution in [2.45, 2.75) is 38.8 Å². The largest absolute Gasteiger partial charge is 0.307 e. The molecular weight excluding hydrogens is 214 g/mol. The van der Waals surface area contributed by atoms with Crippen molar-refractivity contribution in [3.05, 3.63) is 21.3 Å². The number of rotatable bonds is 4. The van der Waals surface area contributed by atoms with E-state index in [1.165, 1.54) is 17.7 Å². The maximum atomic E-state index is 5.88. The minimum Gasteiger partial charge on any atom is -0.307 e. The lowest BCUT2D eigenvalue weighted by Crippen LogP contribution is -2.40. The van der Waals surface area contributed by atoms with E-state index in [9.17, 15) is 0 Å². The molecule has 1 nitrogen and oxygen atoms in total. The van der Waals surface area contributed by atoms with E-state index in [-0.39, 0.29) is 5.54 Å². The van der Waals surface area contributed by atoms with Gasteiger partial charge in [-0.05, 0) is 44.7 Å². The second kappa shape index (κ2) is 3.84. The summed E-state index contributed by atoms with van der Waals surface area (Å²) < 4.78 is 0.881. The quantitative estimate of drug-likeness (QED) is 0.831. The molecule has 0 unspecified atom stereocenters. The van der Waals surface area contributed by atoms with E-state index in [1.807, 2.05) is 6.07 Å². The van der Waals surface area contributed by atoms with Crippen molar-refractivity contribution in [3.8, 4) is 0 Å². The molecule has 1 aliphatic carbocycles. The molecule has 78 valence electrons. The van der Waals surface area contributed by atoms with Crippen LogP contribution in [-0.4, -0.2) is 5.54 Å². The molecular formula is C11H16ClNS. The Bertz CT molecular complexity index is 315. The van der Waals surface area contributed by atoms with Crippen LogP contribution in [0.15, 0.2) is 12.1 Å². The van der Waals surface area contributed by atoms with Crippen LogP contribution in [0.5, 0.6) is 0 Å². The third kappa shape index (κ3) is 2.50. The van der Waals surface area contributed by atoms with Crippen molar-refractivity contribution in [2.24, 2.45) is 5.92 Å². The molecule has 1 fully saturated rings. The van der Waals surface area contributed by atoms with Crippen LogP contribution in [0, 0.1) is 5.92 Å². The van der Waals surface area contributed by atoms with Crippen LogP contribution in [0.3, 0.4) is 0 Å². The smallest absolute Gasteiger partial charge is 0.0931 e. The predicted octanol–water partition coefficient (Wildman–Crippen LogP) is 3.68. The van der Waals surface area contributed by atoms with Gasteiger partial charge < -0.3 is 5.32 Å². The Morgan fingerprint density at radius 1 is 1.50 bits per heavy atom. The average molecular weight is 230 g/mol. The lowest BCUT2D eigenvalue weighted by atomic mass is 9.99. The molecule has 1 aliphatic rings. The van der Waals surface area contributed by atoms with Crippen LogP contribution in [-0.2, 0) is 6.54 Å². The third-order valence-corrected chi connectivity index (χ3v) is 4.18. The first-order valence-corrected chi connectivity index (χ1v) is 6.26. The van der Waals surface area contributed by atoms with Gasteiger partial charge in [0.25, 0.3) is 0 Å². The van der Waals surface area contributed by atoms with Crippen molar-refractivity contribution in [1.82, 2.24) is 5.32 Å². The molecule has 1 heterocycles. The number of hydrogen-bond donors (Lipinski definition) is 1. The average Bonchev–Trinajstić information content (AvgIpc) is 2.89. The summed E-state index contributed by atoms with van der Waals surface area (Å²) in [4.78, 5) is 1.32. The summed E-state index contributed by atoms with van der Waals surface area (Å²) in [5, 5.41) is 3.60. The summed E-state index contributed by atoms with van der Waals surface area (Å²) in [6, 6.07) is 4.07. The Hall–Kier alpha value is -0.0500. The Labute approximate surface area is 94.5 Å². The van der Waals surface area contributed by atoms with Gasteiger partial charge >= 0.3 is 0 Å². The van der Waals surface area contributed by atoms with E-state index < -0.39 is 0 Å². The second-order valence-electron chi connectivity index (χ2n) is 4.56. The van der Waals surface area contributed by atoms with Gasteiger partial charge in [-0.1, -0.05) is 11.6 Å². The lowest BCUT2D eigenvalue weighted by Gasteiger charge is -2.25. The molecule has 1 aromatic rings. The molecule has 14 heavy (non-hydrogen) atoms. The van der Waals surface area contributed by atoms with Crippen molar-refractivity contribution in [3.63, 3.8) is 0 Å². The van der Waals surface area contributed by atoms with Gasteiger partial charge in [0.05, 0.1) is 4.34 Å². The van der Waals surface area contributed by atoms with Crippen molar-refractivity contribution in [1.29, 1.82) is 0 Å². The summed E-state index contributed by atoms with van der Waals surface area (Å²) >= 11 is 7.54. The SMILES string of the molecule is CC(C)(NCc1ccc(Cl)s1)C1CC1. The Morgan fingerprint density at radius 2 is 2.21 bits per heavy atom. The van der Waals surface area contributed by atoms with Crippen LogP contribution in [0.2, 0.25) is 4.34 Å². The fourth-order valence-corrected chi connectivity index (χ4v) is 2.74. The van der Waals surface area contributed by atoms with E-state index in [4.69, 9.17) is 11.6 Å². The van der Waals surface area contributed by atoms with Crippen LogP contribution in [0.4, 0.5) is 0 Å². The van der Waals surface area contributed by atoms with Gasteiger partial charge in [0.2, 0.25) is 0 Å². The number of nitrogens with one attached hydrogen (secondary N) is 1. The molecule has 1 aromatic heterocycles. The predicted molar refractivity (Wildman–Crippen MR) is 63.0 cm³/mol. The lowest BCUT2D eigenvalue weighted by molar-refractivity contribution is 0.341. The van der Waals surface area contributed by atoms with Crippen molar-refractivity contribution < 1.29 is 0 Å². The molecule has 2 rings (SSSR count). The minimum atomic E-state index is 0.288. The van der Waals surface area contributed by atoms with E-state index >= 15 is 0 Å². The van der Waals surface area contributed by atoms with E-state index in [1.54, 1.807) is 11.3 Å². The second-order valence-corrected chi connectivity index (χ2v) is 6.35. The third-order valence-electron chi connectivity index (χ3n) is 2.95. The summed E-state index contributed by atoms with van der Waals surface area (Å²) in [6.45, 7) is 5.53. The van der Waals surface area contributed by atoms with Crippen molar-refractivity contribution >= 4 is 22.9 Å². The van der Waals surface area contributed by atoms with Crippen LogP contribution in [0.25, 0.3) is 0 Å². The van der Waals surface area contributed by atoms with Gasteiger partial charge in [0.15, 0.2) is 0 Å². The van der Waals surface area contributed by atoms with Crippen LogP contribution in [0.1, 0.15) is 31.6 Å². The molecule has 0 bridgehead atoms. The number of halogens is 1. The molecule has 0 amide bonds. The highest BCUT2D eigenvalue weighted by Gasteiger charge is 2.37. The summed E-state index contributed by atoms with van der Waals surface area (Å²) in [5.74, 6) is 0.873. The normalized spacial score (nSPS) is 17.4. The summed E-state index contributed by atoms with van der Waals surface area (Å²) in [6.07, 6.45) is 2.76. The standard InChI is InChI=1S/C11H16ClNS/c1-11(2,8-3-4-8)13-7-9-5-6-10(12)14-9/h5-6,8,13H,3-4,7H2,1-2H3. The molecule has 0 aromatic carbocycles. The zero-order valence-corrected chi connectivity index (χ0v) is 10.2. The fraction of sp³-hybridized carbons (Fsp3) is 0.636. The van der Waals surface area contributed by atoms with E-state index in [0.29, 0.717) is 0 Å². The maximum Gasteiger partial charge on any atom is 0.0931 e. The molecule has 0 radical (unpaired) electrons. The fourth-order valence-electron chi connectivity index (χ4n) is 1.71. The first-order chi connectivity index (χ1) is 6.58. The van der Waals surface area contributed by atoms with Gasteiger partial charge in [0.1, 0.15) is 0 Å². The summed E-state index contributed by atoms with van der Waals surface area (Å²) in [7, 11) is 0. The molecule has 0 saturated heterocycles. The van der Waals surface area contributed by atoms with Gasteiger partial charge in [-0.2, -0.15) is 0 Å². The monoisotopic (exact) mass is 229 g/mol. The highest BCUT2D eigenvalue weighted by Crippen LogP contribution is 2.39. The highest BCUT2D eigenvalue weighted by molar-refractivity contribution is 7.16. The molecule has 1 N–H and O–H groups in total. The Balaban J connectivity index is 1.87. The van der Waals surface area contributed by atoms with Crippen molar-refractivity contribution in [2.75, 3.05) is 0 Å². The highest BCUT2D eigenvalue weighted by atomic mass is 35.5. The maximum absolute atomic E-state index is 5.88. The van der Waals surface area contributed by atoms with Crippen LogP contribution < -0.4 is 5.32 Å². The van der Waals surface area contributed by atoms with E-state index in [2.05, 4.69) is 25.2 Å². The molecule has 1 saturated carbocycles. The van der Waals surface area contributed by atoms with Gasteiger partial charge in [-0.25, -0.2) is 0 Å². The Morgan fingerprint density at radius 3 is 2.71 bits per heavy atom. The van der Waals surface area contributed by atoms with E-state index in [0.717, 1.165) is 16.8 Å². The zero-order chi connectivity index (χ0) is 10.2. The first kappa shape index (κ1) is 10.5. The first-order valence-electron chi connectivity index (χ1n) is 5.07. The molecule has 0 spiro atoms. The zero-order valence-electron chi connectivity index (χ0n) is 8.64. The molecule has 0 aliphatic heterocycles. The Kier molecular flexibility index (Phi) is 2.87. The summed E-state index contributed by atoms with van der Waals surface area (Å²) in [5.41, 5.74) is 0.288. The number of hydrogen-bond acceptors (Lipinski definition) is 2. The number of thiophene rings is 1. The topological polar surface area (TPSA) is 12.0 Å². The molecule has 3 heteroatoms. The molecule has 0 atom stereocenters. The minimum absolute atomic E-state index is 0.288. The van der Waals surface area contributed by atoms with Gasteiger partial charge in [0, 0.05) is 17.0 Å². The van der Waals surface area contributed by atoms with Crippen LogP contribution >= 0.6 is 22.9 Å². The van der Waals surface area contributed by atoms with Gasteiger partial charge in [-0.15, -0.1) is 11.3 Å².